The van der Waals surface area contributed by atoms with Gasteiger partial charge in [-0.25, -0.2) is 12.8 Å². The highest BCUT2D eigenvalue weighted by Crippen LogP contribution is 2.25. The maximum absolute atomic E-state index is 13.5. The molecule has 0 saturated heterocycles. The Balaban J connectivity index is 2.02. The Hall–Kier alpha value is -2.50. The number of benzene rings is 3. The average Bonchev–Trinajstić information content (AvgIpc) is 2.63. The molecule has 0 saturated carbocycles. The van der Waals surface area contributed by atoms with Crippen molar-refractivity contribution in [2.24, 2.45) is 0 Å². The molecule has 3 nitrogen and oxygen atoms in total. The molecule has 5 heteroatoms. The van der Waals surface area contributed by atoms with Crippen LogP contribution in [0.4, 0.5) is 4.39 Å². The molecule has 3 aromatic rings. The van der Waals surface area contributed by atoms with Gasteiger partial charge in [-0.1, -0.05) is 60.2 Å². The van der Waals surface area contributed by atoms with E-state index in [0.29, 0.717) is 5.56 Å². The fourth-order valence-corrected chi connectivity index (χ4v) is 4.04. The van der Waals surface area contributed by atoms with Gasteiger partial charge in [0.1, 0.15) is 5.82 Å². The fraction of sp³-hybridized carbons (Fsp3) is 0.143. The van der Waals surface area contributed by atoms with E-state index in [1.165, 1.54) is 18.2 Å². The lowest BCUT2D eigenvalue weighted by Gasteiger charge is -2.20. The van der Waals surface area contributed by atoms with Crippen LogP contribution in [0.2, 0.25) is 0 Å². The lowest BCUT2D eigenvalue weighted by molar-refractivity contribution is 0.571. The van der Waals surface area contributed by atoms with E-state index in [2.05, 4.69) is 4.72 Å². The molecule has 0 bridgehead atoms. The van der Waals surface area contributed by atoms with Crippen LogP contribution in [0, 0.1) is 19.7 Å². The third kappa shape index (κ3) is 4.00. The molecule has 0 aliphatic rings. The first-order valence-corrected chi connectivity index (χ1v) is 9.75. The zero-order valence-electron chi connectivity index (χ0n) is 14.6. The van der Waals surface area contributed by atoms with Gasteiger partial charge in [0.25, 0.3) is 0 Å². The smallest absolute Gasteiger partial charge is 0.207 e. The first-order valence-electron chi connectivity index (χ1n) is 8.27. The lowest BCUT2D eigenvalue weighted by atomic mass is 9.99. The van der Waals surface area contributed by atoms with Crippen molar-refractivity contribution in [2.75, 3.05) is 0 Å². The first-order chi connectivity index (χ1) is 12.4. The van der Waals surface area contributed by atoms with Crippen molar-refractivity contribution >= 4 is 10.0 Å². The topological polar surface area (TPSA) is 46.2 Å². The van der Waals surface area contributed by atoms with Crippen molar-refractivity contribution in [3.63, 3.8) is 0 Å². The van der Waals surface area contributed by atoms with E-state index in [1.807, 2.05) is 61.5 Å². The minimum absolute atomic E-state index is 0.0458. The van der Waals surface area contributed by atoms with Crippen LogP contribution in [0.15, 0.2) is 77.7 Å². The summed E-state index contributed by atoms with van der Waals surface area (Å²) in [6, 6.07) is 20.3. The zero-order valence-corrected chi connectivity index (χ0v) is 15.4. The third-order valence-corrected chi connectivity index (χ3v) is 5.68. The molecule has 1 N–H and O–H groups in total. The molecule has 26 heavy (non-hydrogen) atoms. The molecular formula is C21H20FNO2S. The number of sulfonamides is 1. The standard InChI is InChI=1S/C21H20FNO2S/c1-15-8-10-18(11-9-15)21(17-6-4-3-5-7-17)23-26(24,25)19-12-13-20(22)16(2)14-19/h3-14,21,23H,1-2H3. The Labute approximate surface area is 153 Å². The molecule has 3 rings (SSSR count). The van der Waals surface area contributed by atoms with Crippen LogP contribution < -0.4 is 4.72 Å². The predicted molar refractivity (Wildman–Crippen MR) is 101 cm³/mol. The molecule has 0 amide bonds. The second kappa shape index (κ2) is 7.40. The first kappa shape index (κ1) is 18.3. The summed E-state index contributed by atoms with van der Waals surface area (Å²) in [5.41, 5.74) is 3.06. The van der Waals surface area contributed by atoms with Crippen molar-refractivity contribution in [2.45, 2.75) is 24.8 Å². The van der Waals surface area contributed by atoms with Crippen molar-refractivity contribution in [1.29, 1.82) is 0 Å². The van der Waals surface area contributed by atoms with E-state index in [0.717, 1.165) is 16.7 Å². The summed E-state index contributed by atoms with van der Waals surface area (Å²) in [7, 11) is -3.82. The van der Waals surface area contributed by atoms with E-state index in [9.17, 15) is 12.8 Å². The summed E-state index contributed by atoms with van der Waals surface area (Å²) in [6.07, 6.45) is 0. The van der Waals surface area contributed by atoms with Gasteiger partial charge in [-0.2, -0.15) is 4.72 Å². The Morgan fingerprint density at radius 3 is 2.08 bits per heavy atom. The van der Waals surface area contributed by atoms with Crippen LogP contribution in [-0.4, -0.2) is 8.42 Å². The van der Waals surface area contributed by atoms with Crippen molar-refractivity contribution in [3.05, 3.63) is 101 Å². The summed E-state index contributed by atoms with van der Waals surface area (Å²) in [4.78, 5) is 0.0458. The van der Waals surface area contributed by atoms with Crippen LogP contribution >= 0.6 is 0 Å². The molecule has 134 valence electrons. The van der Waals surface area contributed by atoms with E-state index in [-0.39, 0.29) is 4.90 Å². The summed E-state index contributed by atoms with van der Waals surface area (Å²) >= 11 is 0. The highest BCUT2D eigenvalue weighted by Gasteiger charge is 2.23. The van der Waals surface area contributed by atoms with Crippen LogP contribution in [0.25, 0.3) is 0 Å². The molecule has 0 aliphatic heterocycles. The second-order valence-electron chi connectivity index (χ2n) is 6.29. The number of hydrogen-bond acceptors (Lipinski definition) is 2. The molecular weight excluding hydrogens is 349 g/mol. The summed E-state index contributed by atoms with van der Waals surface area (Å²) in [5.74, 6) is -0.429. The second-order valence-corrected chi connectivity index (χ2v) is 8.00. The minimum Gasteiger partial charge on any atom is -0.207 e. The predicted octanol–water partition coefficient (Wildman–Crippen LogP) is 4.51. The number of hydrogen-bond donors (Lipinski definition) is 1. The number of aryl methyl sites for hydroxylation is 2. The van der Waals surface area contributed by atoms with Crippen molar-refractivity contribution in [3.8, 4) is 0 Å². The normalized spacial score (nSPS) is 12.7. The maximum atomic E-state index is 13.5. The minimum atomic E-state index is -3.82. The molecule has 1 unspecified atom stereocenters. The van der Waals surface area contributed by atoms with Crippen LogP contribution in [0.3, 0.4) is 0 Å². The fourth-order valence-electron chi connectivity index (χ4n) is 2.74. The molecule has 0 aliphatic carbocycles. The zero-order chi connectivity index (χ0) is 18.7. The maximum Gasteiger partial charge on any atom is 0.241 e. The molecule has 0 heterocycles. The van der Waals surface area contributed by atoms with Gasteiger partial charge in [0, 0.05) is 0 Å². The molecule has 3 aromatic carbocycles. The Morgan fingerprint density at radius 1 is 0.846 bits per heavy atom. The summed E-state index contributed by atoms with van der Waals surface area (Å²) in [5, 5.41) is 0. The highest BCUT2D eigenvalue weighted by atomic mass is 32.2. The van der Waals surface area contributed by atoms with Crippen LogP contribution in [0.5, 0.6) is 0 Å². The van der Waals surface area contributed by atoms with Gasteiger partial charge in [-0.3, -0.25) is 0 Å². The van der Waals surface area contributed by atoms with E-state index in [4.69, 9.17) is 0 Å². The Kier molecular flexibility index (Phi) is 5.20. The molecule has 0 fully saturated rings. The molecule has 0 radical (unpaired) electrons. The SMILES string of the molecule is Cc1ccc(C(NS(=O)(=O)c2ccc(F)c(C)c2)c2ccccc2)cc1. The van der Waals surface area contributed by atoms with Crippen LogP contribution in [0.1, 0.15) is 28.3 Å². The van der Waals surface area contributed by atoms with Gasteiger partial charge in [-0.05, 0) is 48.7 Å². The van der Waals surface area contributed by atoms with E-state index >= 15 is 0 Å². The van der Waals surface area contributed by atoms with Gasteiger partial charge in [-0.15, -0.1) is 0 Å². The summed E-state index contributed by atoms with van der Waals surface area (Å²) < 4.78 is 42.0. The monoisotopic (exact) mass is 369 g/mol. The largest absolute Gasteiger partial charge is 0.241 e. The van der Waals surface area contributed by atoms with Gasteiger partial charge >= 0.3 is 0 Å². The number of rotatable bonds is 5. The molecule has 0 aromatic heterocycles. The Morgan fingerprint density at radius 2 is 1.46 bits per heavy atom. The number of halogens is 1. The average molecular weight is 369 g/mol. The van der Waals surface area contributed by atoms with Gasteiger partial charge in [0.05, 0.1) is 10.9 Å². The number of nitrogens with one attached hydrogen (secondary N) is 1. The van der Waals surface area contributed by atoms with Crippen molar-refractivity contribution < 1.29 is 12.8 Å². The van der Waals surface area contributed by atoms with E-state index in [1.54, 1.807) is 6.92 Å². The van der Waals surface area contributed by atoms with Crippen molar-refractivity contribution in [1.82, 2.24) is 4.72 Å². The van der Waals surface area contributed by atoms with Gasteiger partial charge in [0.15, 0.2) is 0 Å². The van der Waals surface area contributed by atoms with Crippen LogP contribution in [-0.2, 0) is 10.0 Å². The third-order valence-electron chi connectivity index (χ3n) is 4.26. The molecule has 0 spiro atoms. The van der Waals surface area contributed by atoms with Gasteiger partial charge in [0.2, 0.25) is 10.0 Å². The highest BCUT2D eigenvalue weighted by molar-refractivity contribution is 7.89. The quantitative estimate of drug-likeness (QED) is 0.719. The lowest BCUT2D eigenvalue weighted by Crippen LogP contribution is -2.29. The van der Waals surface area contributed by atoms with E-state index < -0.39 is 21.9 Å². The molecule has 1 atom stereocenters. The Bertz CT molecular complexity index is 1000. The summed E-state index contributed by atoms with van der Waals surface area (Å²) in [6.45, 7) is 3.52. The van der Waals surface area contributed by atoms with Gasteiger partial charge < -0.3 is 0 Å².